The number of fused-ring (bicyclic) bond motifs is 1. The molecule has 1 N–H and O–H groups in total. The Hall–Kier alpha value is -2.96. The summed E-state index contributed by atoms with van der Waals surface area (Å²) in [7, 11) is 0. The second-order valence-corrected chi connectivity index (χ2v) is 3.83. The lowest BCUT2D eigenvalue weighted by Gasteiger charge is -2.00. The fourth-order valence-electron chi connectivity index (χ4n) is 1.70. The van der Waals surface area contributed by atoms with Gasteiger partial charge in [0.2, 0.25) is 0 Å². The highest BCUT2D eigenvalue weighted by Gasteiger charge is 2.13. The standard InChI is InChI=1S/C12H8N4O3/c17-16(18)9-1-2-10-11(7-9)19-15-12(10)14-8-3-5-13-6-4-8/h1-7H,(H,13,14,15). The first-order valence-corrected chi connectivity index (χ1v) is 5.45. The molecule has 0 saturated carbocycles. The van der Waals surface area contributed by atoms with Crippen molar-refractivity contribution in [3.63, 3.8) is 0 Å². The zero-order valence-corrected chi connectivity index (χ0v) is 9.61. The van der Waals surface area contributed by atoms with Gasteiger partial charge in [-0.15, -0.1) is 0 Å². The molecule has 0 fully saturated rings. The molecule has 2 heterocycles. The number of nitrogens with one attached hydrogen (secondary N) is 1. The number of anilines is 2. The van der Waals surface area contributed by atoms with Crippen molar-refractivity contribution in [2.45, 2.75) is 0 Å². The van der Waals surface area contributed by atoms with E-state index in [1.807, 2.05) is 0 Å². The third-order valence-corrected chi connectivity index (χ3v) is 2.61. The van der Waals surface area contributed by atoms with Gasteiger partial charge in [-0.05, 0) is 18.2 Å². The molecular weight excluding hydrogens is 248 g/mol. The van der Waals surface area contributed by atoms with E-state index in [1.54, 1.807) is 30.6 Å². The van der Waals surface area contributed by atoms with E-state index >= 15 is 0 Å². The van der Waals surface area contributed by atoms with Crippen LogP contribution in [0.15, 0.2) is 47.2 Å². The Morgan fingerprint density at radius 2 is 2.00 bits per heavy atom. The molecular formula is C12H8N4O3. The van der Waals surface area contributed by atoms with Crippen molar-refractivity contribution in [2.24, 2.45) is 0 Å². The molecule has 0 aliphatic heterocycles. The Morgan fingerprint density at radius 1 is 1.21 bits per heavy atom. The lowest BCUT2D eigenvalue weighted by atomic mass is 10.2. The van der Waals surface area contributed by atoms with Crippen molar-refractivity contribution in [3.8, 4) is 0 Å². The molecule has 2 aromatic heterocycles. The van der Waals surface area contributed by atoms with Gasteiger partial charge in [0.1, 0.15) is 0 Å². The van der Waals surface area contributed by atoms with E-state index in [1.165, 1.54) is 12.1 Å². The lowest BCUT2D eigenvalue weighted by molar-refractivity contribution is -0.384. The predicted molar refractivity (Wildman–Crippen MR) is 68.2 cm³/mol. The summed E-state index contributed by atoms with van der Waals surface area (Å²) in [5.41, 5.74) is 1.15. The number of benzene rings is 1. The van der Waals surface area contributed by atoms with Gasteiger partial charge in [0.05, 0.1) is 16.4 Å². The van der Waals surface area contributed by atoms with Crippen LogP contribution in [0.5, 0.6) is 0 Å². The van der Waals surface area contributed by atoms with Crippen molar-refractivity contribution in [1.82, 2.24) is 10.1 Å². The summed E-state index contributed by atoms with van der Waals surface area (Å²) in [4.78, 5) is 14.1. The summed E-state index contributed by atoms with van der Waals surface area (Å²) in [6, 6.07) is 7.93. The number of hydrogen-bond donors (Lipinski definition) is 1. The minimum Gasteiger partial charge on any atom is -0.354 e. The molecule has 7 nitrogen and oxygen atoms in total. The van der Waals surface area contributed by atoms with Crippen molar-refractivity contribution in [3.05, 3.63) is 52.8 Å². The summed E-state index contributed by atoms with van der Waals surface area (Å²) < 4.78 is 5.08. The first kappa shape index (κ1) is 11.1. The van der Waals surface area contributed by atoms with Gasteiger partial charge in [-0.3, -0.25) is 15.1 Å². The monoisotopic (exact) mass is 256 g/mol. The highest BCUT2D eigenvalue weighted by Crippen LogP contribution is 2.28. The van der Waals surface area contributed by atoms with Crippen molar-refractivity contribution >= 4 is 28.2 Å². The van der Waals surface area contributed by atoms with E-state index in [9.17, 15) is 10.1 Å². The van der Waals surface area contributed by atoms with Gasteiger partial charge in [-0.1, -0.05) is 5.16 Å². The van der Waals surface area contributed by atoms with Crippen LogP contribution < -0.4 is 5.32 Å². The molecule has 3 aromatic rings. The van der Waals surface area contributed by atoms with E-state index in [4.69, 9.17) is 4.52 Å². The van der Waals surface area contributed by atoms with E-state index in [2.05, 4.69) is 15.5 Å². The van der Waals surface area contributed by atoms with Crippen molar-refractivity contribution in [1.29, 1.82) is 0 Å². The van der Waals surface area contributed by atoms with Crippen LogP contribution in [0.25, 0.3) is 11.0 Å². The Kier molecular flexibility index (Phi) is 2.57. The molecule has 1 aromatic carbocycles. The smallest absolute Gasteiger partial charge is 0.273 e. The molecule has 19 heavy (non-hydrogen) atoms. The maximum absolute atomic E-state index is 10.7. The highest BCUT2D eigenvalue weighted by molar-refractivity contribution is 5.91. The van der Waals surface area contributed by atoms with E-state index in [0.717, 1.165) is 5.69 Å². The van der Waals surface area contributed by atoms with Gasteiger partial charge in [-0.25, -0.2) is 0 Å². The minimum atomic E-state index is -0.474. The molecule has 0 radical (unpaired) electrons. The Bertz CT molecular complexity index is 739. The van der Waals surface area contributed by atoms with Crippen LogP contribution in [-0.4, -0.2) is 15.1 Å². The predicted octanol–water partition coefficient (Wildman–Crippen LogP) is 2.87. The van der Waals surface area contributed by atoms with Crippen LogP contribution in [0.4, 0.5) is 17.2 Å². The number of nitrogens with zero attached hydrogens (tertiary/aromatic N) is 3. The van der Waals surface area contributed by atoms with Crippen LogP contribution in [0.1, 0.15) is 0 Å². The van der Waals surface area contributed by atoms with Crippen LogP contribution in [0.2, 0.25) is 0 Å². The molecule has 0 saturated heterocycles. The van der Waals surface area contributed by atoms with Crippen LogP contribution >= 0.6 is 0 Å². The number of pyridine rings is 1. The highest BCUT2D eigenvalue weighted by atomic mass is 16.6. The molecule has 0 aliphatic carbocycles. The fourth-order valence-corrected chi connectivity index (χ4v) is 1.70. The molecule has 0 unspecified atom stereocenters. The lowest BCUT2D eigenvalue weighted by Crippen LogP contribution is -1.91. The summed E-state index contributed by atoms with van der Waals surface area (Å²) in [6.07, 6.45) is 3.30. The van der Waals surface area contributed by atoms with E-state index in [0.29, 0.717) is 16.8 Å². The van der Waals surface area contributed by atoms with Gasteiger partial charge in [0.25, 0.3) is 5.69 Å². The minimum absolute atomic E-state index is 0.0286. The third kappa shape index (κ3) is 2.08. The quantitative estimate of drug-likeness (QED) is 0.572. The van der Waals surface area contributed by atoms with Crippen LogP contribution in [0, 0.1) is 10.1 Å². The number of rotatable bonds is 3. The molecule has 0 aliphatic rings. The van der Waals surface area contributed by atoms with Gasteiger partial charge in [-0.2, -0.15) is 0 Å². The summed E-state index contributed by atoms with van der Waals surface area (Å²) in [5.74, 6) is 0.510. The average Bonchev–Trinajstić information content (AvgIpc) is 2.82. The number of non-ortho nitro benzene ring substituents is 1. The normalized spacial score (nSPS) is 10.5. The Morgan fingerprint density at radius 3 is 2.74 bits per heavy atom. The number of nitro benzene ring substituents is 1. The molecule has 3 rings (SSSR count). The molecule has 7 heteroatoms. The summed E-state index contributed by atoms with van der Waals surface area (Å²) >= 11 is 0. The molecule has 0 amide bonds. The van der Waals surface area contributed by atoms with Gasteiger partial charge < -0.3 is 9.84 Å². The van der Waals surface area contributed by atoms with Crippen LogP contribution in [0.3, 0.4) is 0 Å². The molecule has 0 spiro atoms. The fraction of sp³-hybridized carbons (Fsp3) is 0. The van der Waals surface area contributed by atoms with Gasteiger partial charge in [0, 0.05) is 24.1 Å². The Labute approximate surface area is 107 Å². The SMILES string of the molecule is O=[N+]([O-])c1ccc2c(Nc3ccncc3)noc2c1. The maximum Gasteiger partial charge on any atom is 0.273 e. The van der Waals surface area contributed by atoms with E-state index < -0.39 is 4.92 Å². The third-order valence-electron chi connectivity index (χ3n) is 2.61. The second kappa shape index (κ2) is 4.37. The maximum atomic E-state index is 10.7. The number of hydrogen-bond acceptors (Lipinski definition) is 6. The first-order valence-electron chi connectivity index (χ1n) is 5.45. The largest absolute Gasteiger partial charge is 0.354 e. The van der Waals surface area contributed by atoms with Gasteiger partial charge in [0.15, 0.2) is 11.4 Å². The van der Waals surface area contributed by atoms with Crippen LogP contribution in [-0.2, 0) is 0 Å². The first-order chi connectivity index (χ1) is 9.24. The Balaban J connectivity index is 1.99. The second-order valence-electron chi connectivity index (χ2n) is 3.83. The topological polar surface area (TPSA) is 94.1 Å². The average molecular weight is 256 g/mol. The number of nitro groups is 1. The van der Waals surface area contributed by atoms with E-state index in [-0.39, 0.29) is 5.69 Å². The number of aromatic nitrogens is 2. The summed E-state index contributed by atoms with van der Waals surface area (Å²) in [6.45, 7) is 0. The molecule has 94 valence electrons. The molecule has 0 atom stereocenters. The van der Waals surface area contributed by atoms with Crippen molar-refractivity contribution in [2.75, 3.05) is 5.32 Å². The zero-order valence-electron chi connectivity index (χ0n) is 9.61. The van der Waals surface area contributed by atoms with Gasteiger partial charge >= 0.3 is 0 Å². The van der Waals surface area contributed by atoms with Crippen molar-refractivity contribution < 1.29 is 9.45 Å². The summed E-state index contributed by atoms with van der Waals surface area (Å²) in [5, 5.41) is 18.3. The zero-order chi connectivity index (χ0) is 13.2. The molecule has 0 bridgehead atoms.